The molecule has 0 saturated carbocycles. The molecule has 1 fully saturated rings. The molecule has 2 atom stereocenters. The average molecular weight is 236 g/mol. The number of hydrogen-bond donors (Lipinski definition) is 3. The highest BCUT2D eigenvalue weighted by Gasteiger charge is 2.15. The lowest BCUT2D eigenvalue weighted by atomic mass is 9.99. The fourth-order valence-corrected chi connectivity index (χ4v) is 2.51. The van der Waals surface area contributed by atoms with Crippen LogP contribution in [0.3, 0.4) is 0 Å². The highest BCUT2D eigenvalue weighted by atomic mass is 15.0. The Morgan fingerprint density at radius 3 is 3.18 bits per heavy atom. The number of piperidine rings is 1. The average Bonchev–Trinajstić information content (AvgIpc) is 2.83. The topological polar surface area (TPSA) is 52.7 Å². The Kier molecular flexibility index (Phi) is 5.01. The lowest BCUT2D eigenvalue weighted by Crippen LogP contribution is -2.40. The van der Waals surface area contributed by atoms with Gasteiger partial charge in [0.2, 0.25) is 0 Å². The van der Waals surface area contributed by atoms with Crippen molar-refractivity contribution in [3.63, 3.8) is 0 Å². The molecule has 0 amide bonds. The number of H-pyrrole nitrogens is 1. The summed E-state index contributed by atoms with van der Waals surface area (Å²) in [6.07, 6.45) is 9.97. The summed E-state index contributed by atoms with van der Waals surface area (Å²) in [5.74, 6) is 1.07. The molecule has 0 bridgehead atoms. The van der Waals surface area contributed by atoms with E-state index in [2.05, 4.69) is 27.5 Å². The van der Waals surface area contributed by atoms with Crippen LogP contribution in [0, 0.1) is 0 Å². The van der Waals surface area contributed by atoms with E-state index >= 15 is 0 Å². The minimum absolute atomic E-state index is 0.584. The summed E-state index contributed by atoms with van der Waals surface area (Å²) in [4.78, 5) is 7.35. The Hall–Kier alpha value is -0.870. The maximum absolute atomic E-state index is 4.22. The molecule has 1 saturated heterocycles. The molecule has 0 radical (unpaired) electrons. The minimum Gasteiger partial charge on any atom is -0.349 e. The lowest BCUT2D eigenvalue weighted by molar-refractivity contribution is 0.345. The largest absolute Gasteiger partial charge is 0.349 e. The van der Waals surface area contributed by atoms with E-state index in [1.807, 2.05) is 12.4 Å². The van der Waals surface area contributed by atoms with Crippen molar-refractivity contribution in [2.75, 3.05) is 13.1 Å². The Labute approximate surface area is 104 Å². The molecule has 2 rings (SSSR count). The Morgan fingerprint density at radius 2 is 2.47 bits per heavy atom. The van der Waals surface area contributed by atoms with E-state index in [-0.39, 0.29) is 0 Å². The zero-order valence-corrected chi connectivity index (χ0v) is 10.7. The van der Waals surface area contributed by atoms with Gasteiger partial charge < -0.3 is 15.6 Å². The Morgan fingerprint density at radius 1 is 1.53 bits per heavy atom. The van der Waals surface area contributed by atoms with E-state index in [1.165, 1.54) is 32.2 Å². The number of nitrogens with one attached hydrogen (secondary N) is 3. The summed E-state index contributed by atoms with van der Waals surface area (Å²) in [6.45, 7) is 4.48. The van der Waals surface area contributed by atoms with E-state index in [1.54, 1.807) is 0 Å². The van der Waals surface area contributed by atoms with Gasteiger partial charge in [-0.2, -0.15) is 0 Å². The second-order valence-electron chi connectivity index (χ2n) is 5.02. The smallest absolute Gasteiger partial charge is 0.107 e. The third-order valence-electron chi connectivity index (χ3n) is 3.46. The normalized spacial score (nSPS) is 22.5. The van der Waals surface area contributed by atoms with Crippen LogP contribution in [-0.4, -0.2) is 35.1 Å². The number of rotatable bonds is 6. The van der Waals surface area contributed by atoms with Crippen LogP contribution in [0.15, 0.2) is 12.4 Å². The molecule has 0 spiro atoms. The van der Waals surface area contributed by atoms with Crippen molar-refractivity contribution in [1.29, 1.82) is 0 Å². The molecule has 3 N–H and O–H groups in total. The van der Waals surface area contributed by atoms with Crippen LogP contribution in [0.1, 0.15) is 38.4 Å². The van der Waals surface area contributed by atoms with E-state index in [4.69, 9.17) is 0 Å². The number of aromatic nitrogens is 2. The molecule has 17 heavy (non-hydrogen) atoms. The van der Waals surface area contributed by atoms with Crippen molar-refractivity contribution in [2.24, 2.45) is 0 Å². The van der Waals surface area contributed by atoms with Crippen LogP contribution in [0.25, 0.3) is 0 Å². The first-order valence-corrected chi connectivity index (χ1v) is 6.79. The highest BCUT2D eigenvalue weighted by Crippen LogP contribution is 2.11. The zero-order chi connectivity index (χ0) is 11.9. The summed E-state index contributed by atoms with van der Waals surface area (Å²) >= 11 is 0. The molecule has 2 heterocycles. The molecule has 0 aromatic carbocycles. The van der Waals surface area contributed by atoms with Crippen molar-refractivity contribution < 1.29 is 0 Å². The Bertz CT molecular complexity index is 290. The van der Waals surface area contributed by atoms with Crippen LogP contribution >= 0.6 is 0 Å². The molecule has 2 unspecified atom stereocenters. The van der Waals surface area contributed by atoms with Gasteiger partial charge in [-0.1, -0.05) is 6.42 Å². The standard InChI is InChI=1S/C13H24N4/c1-11(10-12-4-2-3-6-15-12)14-7-5-13-16-8-9-17-13/h8-9,11-12,14-15H,2-7,10H2,1H3,(H,16,17). The van der Waals surface area contributed by atoms with Gasteiger partial charge in [0.25, 0.3) is 0 Å². The maximum Gasteiger partial charge on any atom is 0.107 e. The summed E-state index contributed by atoms with van der Waals surface area (Å²) in [6, 6.07) is 1.30. The molecular weight excluding hydrogens is 212 g/mol. The van der Waals surface area contributed by atoms with Crippen molar-refractivity contribution in [3.05, 3.63) is 18.2 Å². The van der Waals surface area contributed by atoms with Crippen molar-refractivity contribution in [1.82, 2.24) is 20.6 Å². The summed E-state index contributed by atoms with van der Waals surface area (Å²) < 4.78 is 0. The molecule has 0 aliphatic carbocycles. The molecule has 1 aromatic heterocycles. The predicted molar refractivity (Wildman–Crippen MR) is 70.0 cm³/mol. The first kappa shape index (κ1) is 12.6. The summed E-state index contributed by atoms with van der Waals surface area (Å²) in [7, 11) is 0. The van der Waals surface area contributed by atoms with E-state index in [9.17, 15) is 0 Å². The summed E-state index contributed by atoms with van der Waals surface area (Å²) in [5, 5.41) is 7.16. The number of nitrogens with zero attached hydrogens (tertiary/aromatic N) is 1. The van der Waals surface area contributed by atoms with Gasteiger partial charge in [-0.25, -0.2) is 4.98 Å². The number of imidazole rings is 1. The van der Waals surface area contributed by atoms with Crippen LogP contribution in [0.5, 0.6) is 0 Å². The van der Waals surface area contributed by atoms with Crippen molar-refractivity contribution in [3.8, 4) is 0 Å². The van der Waals surface area contributed by atoms with E-state index in [0.717, 1.165) is 24.8 Å². The monoisotopic (exact) mass is 236 g/mol. The Balaban J connectivity index is 1.58. The van der Waals surface area contributed by atoms with Gasteiger partial charge in [0.1, 0.15) is 5.82 Å². The van der Waals surface area contributed by atoms with Crippen molar-refractivity contribution >= 4 is 0 Å². The van der Waals surface area contributed by atoms with Crippen LogP contribution in [-0.2, 0) is 6.42 Å². The minimum atomic E-state index is 0.584. The maximum atomic E-state index is 4.22. The van der Waals surface area contributed by atoms with Crippen LogP contribution < -0.4 is 10.6 Å². The number of aromatic amines is 1. The van der Waals surface area contributed by atoms with Gasteiger partial charge in [0.05, 0.1) is 0 Å². The van der Waals surface area contributed by atoms with Gasteiger partial charge in [0, 0.05) is 37.4 Å². The van der Waals surface area contributed by atoms with Gasteiger partial charge in [-0.15, -0.1) is 0 Å². The highest BCUT2D eigenvalue weighted by molar-refractivity contribution is 4.87. The predicted octanol–water partition coefficient (Wildman–Crippen LogP) is 1.46. The molecule has 96 valence electrons. The molecule has 1 aliphatic heterocycles. The van der Waals surface area contributed by atoms with Crippen molar-refractivity contribution in [2.45, 2.75) is 51.1 Å². The second kappa shape index (κ2) is 6.77. The molecule has 1 aliphatic rings. The second-order valence-corrected chi connectivity index (χ2v) is 5.02. The molecule has 4 nitrogen and oxygen atoms in total. The first-order valence-electron chi connectivity index (χ1n) is 6.79. The zero-order valence-electron chi connectivity index (χ0n) is 10.7. The quantitative estimate of drug-likeness (QED) is 0.701. The number of hydrogen-bond acceptors (Lipinski definition) is 3. The fraction of sp³-hybridized carbons (Fsp3) is 0.769. The van der Waals surface area contributed by atoms with Gasteiger partial charge in [-0.05, 0) is 32.7 Å². The fourth-order valence-electron chi connectivity index (χ4n) is 2.51. The first-order chi connectivity index (χ1) is 8.34. The van der Waals surface area contributed by atoms with E-state index in [0.29, 0.717) is 6.04 Å². The third-order valence-corrected chi connectivity index (χ3v) is 3.46. The van der Waals surface area contributed by atoms with Crippen LogP contribution in [0.4, 0.5) is 0 Å². The van der Waals surface area contributed by atoms with Crippen LogP contribution in [0.2, 0.25) is 0 Å². The lowest BCUT2D eigenvalue weighted by Gasteiger charge is -2.26. The van der Waals surface area contributed by atoms with Gasteiger partial charge in [0.15, 0.2) is 0 Å². The van der Waals surface area contributed by atoms with Gasteiger partial charge >= 0.3 is 0 Å². The van der Waals surface area contributed by atoms with Gasteiger partial charge in [-0.3, -0.25) is 0 Å². The summed E-state index contributed by atoms with van der Waals surface area (Å²) in [5.41, 5.74) is 0. The molecular formula is C13H24N4. The molecule has 4 heteroatoms. The molecule has 1 aromatic rings. The third kappa shape index (κ3) is 4.48. The van der Waals surface area contributed by atoms with E-state index < -0.39 is 0 Å². The SMILES string of the molecule is CC(CC1CCCCN1)NCCc1ncc[nH]1.